The Bertz CT molecular complexity index is 966. The zero-order valence-corrected chi connectivity index (χ0v) is 14.4. The molecule has 0 fully saturated rings. The van der Waals surface area contributed by atoms with E-state index >= 15 is 0 Å². The predicted octanol–water partition coefficient (Wildman–Crippen LogP) is 3.49. The Labute approximate surface area is 144 Å². The minimum atomic E-state index is -3.58. The summed E-state index contributed by atoms with van der Waals surface area (Å²) < 4.78 is 31.6. The molecular weight excluding hydrogens is 342 g/mol. The number of sulfonamides is 1. The van der Waals surface area contributed by atoms with Crippen molar-refractivity contribution in [2.24, 2.45) is 0 Å². The summed E-state index contributed by atoms with van der Waals surface area (Å²) in [6, 6.07) is 12.5. The standard InChI is InChI=1S/C17H15N3O2S2/c21-24(22,16-9-6-12-2-1-3-14(12)10-16)19-15-7-4-13(5-8-15)17-11-23-20-18-17/h4-11,19H,1-3H2. The zero-order valence-electron chi connectivity index (χ0n) is 12.8. The summed E-state index contributed by atoms with van der Waals surface area (Å²) in [4.78, 5) is 0.316. The maximum absolute atomic E-state index is 12.6. The first kappa shape index (κ1) is 15.3. The molecule has 0 bridgehead atoms. The van der Waals surface area contributed by atoms with E-state index < -0.39 is 10.0 Å². The Morgan fingerprint density at radius 1 is 1.00 bits per heavy atom. The highest BCUT2D eigenvalue weighted by molar-refractivity contribution is 7.92. The van der Waals surface area contributed by atoms with E-state index in [-0.39, 0.29) is 0 Å². The predicted molar refractivity (Wildman–Crippen MR) is 94.6 cm³/mol. The van der Waals surface area contributed by atoms with E-state index in [1.165, 1.54) is 17.1 Å². The molecule has 1 aliphatic rings. The smallest absolute Gasteiger partial charge is 0.261 e. The second-order valence-corrected chi connectivity index (χ2v) is 8.05. The molecule has 0 unspecified atom stereocenters. The molecule has 7 heteroatoms. The third-order valence-corrected chi connectivity index (χ3v) is 6.06. The maximum Gasteiger partial charge on any atom is 0.261 e. The van der Waals surface area contributed by atoms with E-state index in [0.717, 1.165) is 36.1 Å². The molecule has 5 nitrogen and oxygen atoms in total. The highest BCUT2D eigenvalue weighted by Gasteiger charge is 2.18. The Kier molecular flexibility index (Phi) is 3.82. The van der Waals surface area contributed by atoms with Crippen molar-refractivity contribution in [1.82, 2.24) is 9.59 Å². The Morgan fingerprint density at radius 2 is 1.79 bits per heavy atom. The summed E-state index contributed by atoms with van der Waals surface area (Å²) in [5, 5.41) is 5.85. The number of benzene rings is 2. The number of aromatic nitrogens is 2. The van der Waals surface area contributed by atoms with Crippen LogP contribution in [0.3, 0.4) is 0 Å². The van der Waals surface area contributed by atoms with Crippen LogP contribution in [0.4, 0.5) is 5.69 Å². The summed E-state index contributed by atoms with van der Waals surface area (Å²) in [7, 11) is -3.58. The first-order valence-corrected chi connectivity index (χ1v) is 9.96. The van der Waals surface area contributed by atoms with E-state index in [4.69, 9.17) is 0 Å². The number of hydrogen-bond donors (Lipinski definition) is 1. The molecule has 0 atom stereocenters. The van der Waals surface area contributed by atoms with Crippen LogP contribution in [0.25, 0.3) is 11.3 Å². The van der Waals surface area contributed by atoms with Gasteiger partial charge in [-0.2, -0.15) is 0 Å². The number of aryl methyl sites for hydroxylation is 2. The van der Waals surface area contributed by atoms with Crippen LogP contribution in [-0.2, 0) is 22.9 Å². The highest BCUT2D eigenvalue weighted by Crippen LogP contribution is 2.26. The molecule has 0 amide bonds. The molecule has 122 valence electrons. The van der Waals surface area contributed by atoms with Crippen LogP contribution in [0.5, 0.6) is 0 Å². The van der Waals surface area contributed by atoms with E-state index in [2.05, 4.69) is 14.3 Å². The molecule has 1 heterocycles. The van der Waals surface area contributed by atoms with E-state index in [0.29, 0.717) is 10.6 Å². The third kappa shape index (κ3) is 2.92. The molecule has 3 aromatic rings. The van der Waals surface area contributed by atoms with Gasteiger partial charge in [-0.1, -0.05) is 22.7 Å². The fourth-order valence-electron chi connectivity index (χ4n) is 2.93. The molecule has 24 heavy (non-hydrogen) atoms. The van der Waals surface area contributed by atoms with Gasteiger partial charge in [0.15, 0.2) is 0 Å². The molecular formula is C17H15N3O2S2. The van der Waals surface area contributed by atoms with Gasteiger partial charge >= 0.3 is 0 Å². The SMILES string of the molecule is O=S(=O)(Nc1ccc(-c2csnn2)cc1)c1ccc2c(c1)CCC2. The molecule has 1 aliphatic carbocycles. The van der Waals surface area contributed by atoms with Crippen molar-refractivity contribution >= 4 is 27.2 Å². The number of fused-ring (bicyclic) bond motifs is 1. The first-order valence-electron chi connectivity index (χ1n) is 7.64. The van der Waals surface area contributed by atoms with Crippen LogP contribution >= 0.6 is 11.5 Å². The van der Waals surface area contributed by atoms with Crippen molar-refractivity contribution in [3.05, 3.63) is 59.0 Å². The zero-order chi connectivity index (χ0) is 16.6. The highest BCUT2D eigenvalue weighted by atomic mass is 32.2. The lowest BCUT2D eigenvalue weighted by Gasteiger charge is -2.10. The van der Waals surface area contributed by atoms with Gasteiger partial charge in [0.1, 0.15) is 5.69 Å². The van der Waals surface area contributed by atoms with Crippen LogP contribution in [0.15, 0.2) is 52.7 Å². The number of nitrogens with one attached hydrogen (secondary N) is 1. The third-order valence-electron chi connectivity index (χ3n) is 4.17. The van der Waals surface area contributed by atoms with Crippen molar-refractivity contribution in [1.29, 1.82) is 0 Å². The number of nitrogens with zero attached hydrogens (tertiary/aromatic N) is 2. The van der Waals surface area contributed by atoms with Crippen LogP contribution in [0, 0.1) is 0 Å². The molecule has 0 aliphatic heterocycles. The lowest BCUT2D eigenvalue weighted by atomic mass is 10.1. The second kappa shape index (κ2) is 5.99. The molecule has 0 spiro atoms. The van der Waals surface area contributed by atoms with E-state index in [1.54, 1.807) is 24.3 Å². The molecule has 0 saturated heterocycles. The quantitative estimate of drug-likeness (QED) is 0.776. The van der Waals surface area contributed by atoms with Gasteiger partial charge in [-0.3, -0.25) is 4.72 Å². The van der Waals surface area contributed by atoms with Gasteiger partial charge < -0.3 is 0 Å². The van der Waals surface area contributed by atoms with Crippen LogP contribution in [0.1, 0.15) is 17.5 Å². The van der Waals surface area contributed by atoms with Crippen LogP contribution in [0.2, 0.25) is 0 Å². The average Bonchev–Trinajstić information content (AvgIpc) is 3.26. The Balaban J connectivity index is 1.57. The van der Waals surface area contributed by atoms with E-state index in [1.807, 2.05) is 23.6 Å². The summed E-state index contributed by atoms with van der Waals surface area (Å²) in [5.41, 5.74) is 4.62. The van der Waals surface area contributed by atoms with Crippen LogP contribution in [-0.4, -0.2) is 18.0 Å². The number of rotatable bonds is 4. The van der Waals surface area contributed by atoms with Crippen molar-refractivity contribution in [2.75, 3.05) is 4.72 Å². The fourth-order valence-corrected chi connectivity index (χ4v) is 4.50. The van der Waals surface area contributed by atoms with Gasteiger partial charge in [-0.25, -0.2) is 8.42 Å². The first-order chi connectivity index (χ1) is 11.6. The molecule has 2 aromatic carbocycles. The molecule has 4 rings (SSSR count). The fraction of sp³-hybridized carbons (Fsp3) is 0.176. The Morgan fingerprint density at radius 3 is 2.54 bits per heavy atom. The minimum Gasteiger partial charge on any atom is -0.280 e. The van der Waals surface area contributed by atoms with Crippen LogP contribution < -0.4 is 4.72 Å². The van der Waals surface area contributed by atoms with Gasteiger partial charge in [-0.15, -0.1) is 5.10 Å². The average molecular weight is 357 g/mol. The molecule has 0 saturated carbocycles. The van der Waals surface area contributed by atoms with Gasteiger partial charge in [0.25, 0.3) is 10.0 Å². The topological polar surface area (TPSA) is 72.0 Å². The second-order valence-electron chi connectivity index (χ2n) is 5.76. The van der Waals surface area contributed by atoms with Crippen molar-refractivity contribution in [2.45, 2.75) is 24.2 Å². The summed E-state index contributed by atoms with van der Waals surface area (Å²) in [6.45, 7) is 0. The van der Waals surface area contributed by atoms with Crippen molar-refractivity contribution in [3.8, 4) is 11.3 Å². The summed E-state index contributed by atoms with van der Waals surface area (Å²) >= 11 is 1.28. The molecule has 0 radical (unpaired) electrons. The van der Waals surface area contributed by atoms with Gasteiger partial charge in [-0.05, 0) is 66.2 Å². The minimum absolute atomic E-state index is 0.316. The van der Waals surface area contributed by atoms with Gasteiger partial charge in [0.05, 0.1) is 4.90 Å². The van der Waals surface area contributed by atoms with Crippen molar-refractivity contribution < 1.29 is 8.42 Å². The number of hydrogen-bond acceptors (Lipinski definition) is 5. The maximum atomic E-state index is 12.6. The number of anilines is 1. The summed E-state index contributed by atoms with van der Waals surface area (Å²) in [5.74, 6) is 0. The Hall–Kier alpha value is -2.25. The monoisotopic (exact) mass is 357 g/mol. The molecule has 1 aromatic heterocycles. The lowest BCUT2D eigenvalue weighted by molar-refractivity contribution is 0.601. The lowest BCUT2D eigenvalue weighted by Crippen LogP contribution is -2.13. The van der Waals surface area contributed by atoms with Gasteiger partial charge in [0, 0.05) is 16.6 Å². The normalized spacial score (nSPS) is 13.7. The van der Waals surface area contributed by atoms with E-state index in [9.17, 15) is 8.42 Å². The molecule has 1 N–H and O–H groups in total. The van der Waals surface area contributed by atoms with Crippen molar-refractivity contribution in [3.63, 3.8) is 0 Å². The largest absolute Gasteiger partial charge is 0.280 e. The summed E-state index contributed by atoms with van der Waals surface area (Å²) in [6.07, 6.45) is 3.09. The van der Waals surface area contributed by atoms with Gasteiger partial charge in [0.2, 0.25) is 0 Å².